The second-order valence-corrected chi connectivity index (χ2v) is 8.13. The van der Waals surface area contributed by atoms with E-state index in [9.17, 15) is 26.4 Å². The van der Waals surface area contributed by atoms with E-state index in [1.54, 1.807) is 6.20 Å². The van der Waals surface area contributed by atoms with Crippen molar-refractivity contribution in [3.05, 3.63) is 23.9 Å². The summed E-state index contributed by atoms with van der Waals surface area (Å²) in [5.74, 6) is -4.17. The fraction of sp³-hybridized carbons (Fsp3) is 0.571. The molecule has 0 bridgehead atoms. The van der Waals surface area contributed by atoms with Crippen molar-refractivity contribution in [2.45, 2.75) is 13.8 Å². The van der Waals surface area contributed by atoms with Gasteiger partial charge < -0.3 is 14.4 Å². The van der Waals surface area contributed by atoms with Gasteiger partial charge in [0.25, 0.3) is 20.2 Å². The van der Waals surface area contributed by atoms with Crippen LogP contribution in [0.4, 0.5) is 0 Å². The number of hydrogen-bond donors (Lipinski definition) is 2. The Morgan fingerprint density at radius 3 is 1.63 bits per heavy atom. The molecule has 156 valence electrons. The van der Waals surface area contributed by atoms with Crippen LogP contribution >= 0.6 is 0 Å². The van der Waals surface area contributed by atoms with Gasteiger partial charge >= 0.3 is 11.9 Å². The highest BCUT2D eigenvalue weighted by atomic mass is 32.2. The molecule has 0 atom stereocenters. The molecule has 0 aromatic rings. The number of allylic oxidation sites excluding steroid dienone is 2. The second kappa shape index (κ2) is 11.7. The first-order valence-corrected chi connectivity index (χ1v) is 11.0. The summed E-state index contributed by atoms with van der Waals surface area (Å²) >= 11 is 0. The zero-order valence-corrected chi connectivity index (χ0v) is 16.5. The van der Waals surface area contributed by atoms with E-state index in [2.05, 4.69) is 9.47 Å². The number of esters is 2. The van der Waals surface area contributed by atoms with Gasteiger partial charge in [-0.15, -0.1) is 0 Å². The molecule has 27 heavy (non-hydrogen) atoms. The van der Waals surface area contributed by atoms with Gasteiger partial charge in [0.05, 0.1) is 0 Å². The molecular formula is C14H23NO10S2. The highest BCUT2D eigenvalue weighted by molar-refractivity contribution is 7.86. The van der Waals surface area contributed by atoms with Crippen LogP contribution in [0.3, 0.4) is 0 Å². The summed E-state index contributed by atoms with van der Waals surface area (Å²) in [6, 6.07) is 0. The number of ether oxygens (including phenoxy) is 2. The first kappa shape index (κ1) is 25.0. The Hall–Kier alpha value is -1.96. The van der Waals surface area contributed by atoms with E-state index in [-0.39, 0.29) is 0 Å². The van der Waals surface area contributed by atoms with Crippen LogP contribution in [0.2, 0.25) is 0 Å². The fourth-order valence-corrected chi connectivity index (χ4v) is 2.14. The highest BCUT2D eigenvalue weighted by Gasteiger charge is 2.22. The molecule has 0 amide bonds. The molecule has 11 nitrogen and oxygen atoms in total. The SMILES string of the molecule is CCN(C=CC=C(C(=O)OCCS(=O)(=O)O)C(=O)OCCS(=O)(=O)O)CC. The van der Waals surface area contributed by atoms with E-state index < -0.39 is 62.5 Å². The molecule has 0 aliphatic heterocycles. The van der Waals surface area contributed by atoms with Crippen LogP contribution in [-0.2, 0) is 39.3 Å². The third-order valence-electron chi connectivity index (χ3n) is 2.96. The summed E-state index contributed by atoms with van der Waals surface area (Å²) in [6.45, 7) is 3.68. The number of hydrogen-bond acceptors (Lipinski definition) is 9. The molecular weight excluding hydrogens is 406 g/mol. The van der Waals surface area contributed by atoms with Crippen molar-refractivity contribution in [2.75, 3.05) is 37.8 Å². The molecule has 0 saturated heterocycles. The van der Waals surface area contributed by atoms with Gasteiger partial charge in [0, 0.05) is 13.1 Å². The van der Waals surface area contributed by atoms with E-state index in [1.165, 1.54) is 6.08 Å². The number of carbonyl (C=O) groups excluding carboxylic acids is 2. The summed E-state index contributed by atoms with van der Waals surface area (Å²) in [7, 11) is -8.72. The monoisotopic (exact) mass is 429 g/mol. The van der Waals surface area contributed by atoms with Crippen molar-refractivity contribution in [3.8, 4) is 0 Å². The molecule has 0 heterocycles. The minimum atomic E-state index is -4.36. The zero-order valence-electron chi connectivity index (χ0n) is 14.9. The number of rotatable bonds is 12. The molecule has 0 spiro atoms. The van der Waals surface area contributed by atoms with Gasteiger partial charge in [-0.3, -0.25) is 9.11 Å². The average Bonchev–Trinajstić information content (AvgIpc) is 2.52. The van der Waals surface area contributed by atoms with E-state index >= 15 is 0 Å². The summed E-state index contributed by atoms with van der Waals surface area (Å²) in [6.07, 6.45) is 4.00. The topological polar surface area (TPSA) is 165 Å². The van der Waals surface area contributed by atoms with Crippen LogP contribution in [-0.4, -0.2) is 80.6 Å². The van der Waals surface area contributed by atoms with Crippen LogP contribution in [0.1, 0.15) is 13.8 Å². The third kappa shape index (κ3) is 12.9. The van der Waals surface area contributed by atoms with Crippen molar-refractivity contribution in [1.82, 2.24) is 4.90 Å². The Balaban J connectivity index is 5.17. The number of carbonyl (C=O) groups is 2. The molecule has 0 unspecified atom stereocenters. The highest BCUT2D eigenvalue weighted by Crippen LogP contribution is 2.04. The minimum absolute atomic E-state index is 0.621. The lowest BCUT2D eigenvalue weighted by atomic mass is 10.2. The van der Waals surface area contributed by atoms with Crippen molar-refractivity contribution >= 4 is 32.2 Å². The van der Waals surface area contributed by atoms with E-state index in [4.69, 9.17) is 9.11 Å². The normalized spacial score (nSPS) is 11.9. The molecule has 0 aliphatic rings. The molecule has 0 aromatic heterocycles. The molecule has 0 saturated carbocycles. The van der Waals surface area contributed by atoms with E-state index in [0.29, 0.717) is 13.1 Å². The van der Waals surface area contributed by atoms with Gasteiger partial charge in [-0.1, -0.05) is 0 Å². The Kier molecular flexibility index (Phi) is 10.8. The molecule has 0 rings (SSSR count). The third-order valence-corrected chi connectivity index (χ3v) is 4.33. The van der Waals surface area contributed by atoms with Gasteiger partial charge in [-0.05, 0) is 32.2 Å². The lowest BCUT2D eigenvalue weighted by Crippen LogP contribution is -2.23. The maximum absolute atomic E-state index is 12.0. The standard InChI is InChI=1S/C14H23NO10S2/c1-3-15(4-2)7-5-6-12(13(16)24-8-10-26(18,19)20)14(17)25-9-11-27(21,22)23/h5-7H,3-4,8-11H2,1-2H3,(H,18,19,20)(H,21,22,23). The van der Waals surface area contributed by atoms with Gasteiger partial charge in [0.2, 0.25) is 0 Å². The van der Waals surface area contributed by atoms with Gasteiger partial charge in [0.15, 0.2) is 0 Å². The molecule has 0 radical (unpaired) electrons. The molecule has 0 aromatic carbocycles. The fourth-order valence-electron chi connectivity index (χ4n) is 1.55. The van der Waals surface area contributed by atoms with Crippen molar-refractivity contribution < 1.29 is 45.0 Å². The average molecular weight is 429 g/mol. The van der Waals surface area contributed by atoms with Crippen LogP contribution in [0.5, 0.6) is 0 Å². The summed E-state index contributed by atoms with van der Waals surface area (Å²) < 4.78 is 68.9. The largest absolute Gasteiger partial charge is 0.461 e. The lowest BCUT2D eigenvalue weighted by molar-refractivity contribution is -0.146. The molecule has 0 fully saturated rings. The van der Waals surface area contributed by atoms with Crippen LogP contribution in [0.25, 0.3) is 0 Å². The quantitative estimate of drug-likeness (QED) is 0.104. The van der Waals surface area contributed by atoms with Crippen molar-refractivity contribution in [1.29, 1.82) is 0 Å². The summed E-state index contributed by atoms with van der Waals surface area (Å²) in [5, 5.41) is 0. The smallest absolute Gasteiger partial charge is 0.345 e. The van der Waals surface area contributed by atoms with Gasteiger partial charge in [0.1, 0.15) is 30.3 Å². The van der Waals surface area contributed by atoms with Crippen molar-refractivity contribution in [2.24, 2.45) is 0 Å². The Bertz CT molecular complexity index is 712. The minimum Gasteiger partial charge on any atom is -0.461 e. The molecule has 0 aliphatic carbocycles. The maximum Gasteiger partial charge on any atom is 0.345 e. The molecule has 2 N–H and O–H groups in total. The van der Waals surface area contributed by atoms with E-state index in [0.717, 1.165) is 6.08 Å². The first-order valence-electron chi connectivity index (χ1n) is 7.76. The maximum atomic E-state index is 12.0. The van der Waals surface area contributed by atoms with Crippen LogP contribution in [0.15, 0.2) is 23.9 Å². The van der Waals surface area contributed by atoms with Gasteiger partial charge in [-0.25, -0.2) is 9.59 Å². The van der Waals surface area contributed by atoms with Gasteiger partial charge in [-0.2, -0.15) is 16.8 Å². The summed E-state index contributed by atoms with van der Waals surface area (Å²) in [4.78, 5) is 25.8. The van der Waals surface area contributed by atoms with Crippen molar-refractivity contribution in [3.63, 3.8) is 0 Å². The Morgan fingerprint density at radius 1 is 0.889 bits per heavy atom. The zero-order chi connectivity index (χ0) is 21.1. The molecule has 13 heteroatoms. The number of nitrogens with zero attached hydrogens (tertiary/aromatic N) is 1. The predicted molar refractivity (Wildman–Crippen MR) is 94.9 cm³/mol. The second-order valence-electron chi connectivity index (χ2n) is 4.99. The Labute approximate surface area is 158 Å². The van der Waals surface area contributed by atoms with Crippen LogP contribution < -0.4 is 0 Å². The predicted octanol–water partition coefficient (Wildman–Crippen LogP) is -0.370. The Morgan fingerprint density at radius 2 is 1.30 bits per heavy atom. The first-order chi connectivity index (χ1) is 12.4. The lowest BCUT2D eigenvalue weighted by Gasteiger charge is -2.14. The van der Waals surface area contributed by atoms with E-state index in [1.807, 2.05) is 18.7 Å². The van der Waals surface area contributed by atoms with Crippen LogP contribution in [0, 0.1) is 0 Å². The summed E-state index contributed by atoms with van der Waals surface area (Å²) in [5.41, 5.74) is -0.621.